The summed E-state index contributed by atoms with van der Waals surface area (Å²) < 4.78 is 0. The lowest BCUT2D eigenvalue weighted by Gasteiger charge is -2.17. The molecule has 28 heavy (non-hydrogen) atoms. The molecule has 0 saturated carbocycles. The highest BCUT2D eigenvalue weighted by Crippen LogP contribution is 2.33. The number of rotatable bonds is 9. The van der Waals surface area contributed by atoms with Crippen LogP contribution < -0.4 is 16.0 Å². The van der Waals surface area contributed by atoms with Crippen LogP contribution in [-0.4, -0.2) is 57.2 Å². The van der Waals surface area contributed by atoms with Gasteiger partial charge in [0, 0.05) is 23.8 Å². The van der Waals surface area contributed by atoms with Crippen molar-refractivity contribution in [1.82, 2.24) is 16.0 Å². The van der Waals surface area contributed by atoms with Crippen LogP contribution in [0.4, 0.5) is 4.79 Å². The Morgan fingerprint density at radius 1 is 1.21 bits per heavy atom. The van der Waals surface area contributed by atoms with Crippen molar-refractivity contribution in [2.75, 3.05) is 5.75 Å². The number of carboxylic acid groups (broad SMARTS) is 1. The minimum atomic E-state index is -1.08. The molecule has 2 fully saturated rings. The fraction of sp³-hybridized carbons (Fsp3) is 0.526. The van der Waals surface area contributed by atoms with Crippen molar-refractivity contribution < 1.29 is 24.6 Å². The quantitative estimate of drug-likeness (QED) is 0.309. The number of hydrogen-bond acceptors (Lipinski definition) is 5. The van der Waals surface area contributed by atoms with Gasteiger partial charge in [0.2, 0.25) is 5.91 Å². The second-order valence-electron chi connectivity index (χ2n) is 7.20. The van der Waals surface area contributed by atoms with Gasteiger partial charge in [0.25, 0.3) is 0 Å². The monoisotopic (exact) mass is 407 g/mol. The number of carbonyl (C=O) groups is 3. The summed E-state index contributed by atoms with van der Waals surface area (Å²) in [5.74, 6) is -0.343. The summed E-state index contributed by atoms with van der Waals surface area (Å²) in [5, 5.41) is 27.4. The van der Waals surface area contributed by atoms with E-state index in [1.54, 1.807) is 12.1 Å². The number of aromatic hydroxyl groups is 1. The van der Waals surface area contributed by atoms with E-state index in [0.717, 1.165) is 24.2 Å². The Morgan fingerprint density at radius 2 is 1.96 bits per heavy atom. The van der Waals surface area contributed by atoms with E-state index in [1.165, 1.54) is 12.1 Å². The largest absolute Gasteiger partial charge is 0.508 e. The first-order valence-electron chi connectivity index (χ1n) is 9.41. The maximum atomic E-state index is 12.1. The zero-order chi connectivity index (χ0) is 20.1. The summed E-state index contributed by atoms with van der Waals surface area (Å²) in [7, 11) is 0. The maximum Gasteiger partial charge on any atom is 0.326 e. The Kier molecular flexibility index (Phi) is 6.66. The summed E-state index contributed by atoms with van der Waals surface area (Å²) in [6.07, 6.45) is 2.87. The molecule has 8 nitrogen and oxygen atoms in total. The van der Waals surface area contributed by atoms with Gasteiger partial charge >= 0.3 is 12.0 Å². The molecule has 9 heteroatoms. The molecule has 152 valence electrons. The third kappa shape index (κ3) is 5.31. The van der Waals surface area contributed by atoms with Crippen LogP contribution in [0.1, 0.15) is 31.2 Å². The fourth-order valence-corrected chi connectivity index (χ4v) is 5.15. The minimum absolute atomic E-state index is 0.104. The van der Waals surface area contributed by atoms with E-state index in [-0.39, 0.29) is 42.6 Å². The van der Waals surface area contributed by atoms with Crippen molar-refractivity contribution in [3.8, 4) is 5.75 Å². The molecule has 0 bridgehead atoms. The highest BCUT2D eigenvalue weighted by atomic mass is 32.2. The highest BCUT2D eigenvalue weighted by Gasteiger charge is 2.42. The molecule has 3 rings (SSSR count). The lowest BCUT2D eigenvalue weighted by Crippen LogP contribution is -2.42. The third-order valence-electron chi connectivity index (χ3n) is 5.09. The van der Waals surface area contributed by atoms with Crippen molar-refractivity contribution in [2.45, 2.75) is 55.5 Å². The summed E-state index contributed by atoms with van der Waals surface area (Å²) in [5.41, 5.74) is 0.727. The predicted molar refractivity (Wildman–Crippen MR) is 105 cm³/mol. The molecule has 5 N–H and O–H groups in total. The predicted octanol–water partition coefficient (Wildman–Crippen LogP) is 1.23. The molecule has 0 radical (unpaired) electrons. The van der Waals surface area contributed by atoms with E-state index in [2.05, 4.69) is 16.0 Å². The molecule has 2 aliphatic heterocycles. The Balaban J connectivity index is 1.38. The van der Waals surface area contributed by atoms with Crippen LogP contribution in [0.5, 0.6) is 5.75 Å². The molecule has 3 amide bonds. The standard InChI is InChI=1S/C19H25N3O5S/c23-12-7-5-11(6-8-12)9-13(18(25)26)20-16(24)4-2-1-3-15-17-14(10-28-15)21-19(27)22-17/h5-8,13-15,17,23H,1-4,9-10H2,(H,20,24)(H,25,26)(H2,21,22,27)/t13-,14-,15-,17-/m0/s1. The first-order valence-corrected chi connectivity index (χ1v) is 10.5. The smallest absolute Gasteiger partial charge is 0.326 e. The zero-order valence-electron chi connectivity index (χ0n) is 15.4. The molecule has 0 aliphatic carbocycles. The van der Waals surface area contributed by atoms with Crippen LogP contribution in [0.2, 0.25) is 0 Å². The topological polar surface area (TPSA) is 128 Å². The van der Waals surface area contributed by atoms with E-state index >= 15 is 0 Å². The molecule has 0 aromatic heterocycles. The van der Waals surface area contributed by atoms with Crippen LogP contribution in [-0.2, 0) is 16.0 Å². The molecule has 4 atom stereocenters. The van der Waals surface area contributed by atoms with Crippen molar-refractivity contribution in [2.24, 2.45) is 0 Å². The van der Waals surface area contributed by atoms with Crippen molar-refractivity contribution in [3.63, 3.8) is 0 Å². The lowest BCUT2D eigenvalue weighted by atomic mass is 10.0. The second-order valence-corrected chi connectivity index (χ2v) is 8.47. The highest BCUT2D eigenvalue weighted by molar-refractivity contribution is 8.00. The summed E-state index contributed by atoms with van der Waals surface area (Å²) in [6.45, 7) is 0. The van der Waals surface area contributed by atoms with Crippen LogP contribution in [0.25, 0.3) is 0 Å². The molecular weight excluding hydrogens is 382 g/mol. The number of thioether (sulfide) groups is 1. The maximum absolute atomic E-state index is 12.1. The van der Waals surface area contributed by atoms with Crippen LogP contribution in [0, 0.1) is 0 Å². The van der Waals surface area contributed by atoms with Crippen LogP contribution in [0.15, 0.2) is 24.3 Å². The number of fused-ring (bicyclic) bond motifs is 1. The molecule has 2 aliphatic rings. The first-order chi connectivity index (χ1) is 13.4. The van der Waals surface area contributed by atoms with E-state index in [1.807, 2.05) is 11.8 Å². The summed E-state index contributed by atoms with van der Waals surface area (Å²) in [6, 6.07) is 5.51. The van der Waals surface area contributed by atoms with Gasteiger partial charge in [0.05, 0.1) is 12.1 Å². The number of phenols is 1. The third-order valence-corrected chi connectivity index (χ3v) is 6.60. The van der Waals surface area contributed by atoms with Crippen LogP contribution >= 0.6 is 11.8 Å². The number of carboxylic acids is 1. The average molecular weight is 407 g/mol. The summed E-state index contributed by atoms with van der Waals surface area (Å²) in [4.78, 5) is 35.0. The number of benzene rings is 1. The molecule has 0 spiro atoms. The second kappa shape index (κ2) is 9.18. The number of phenolic OH excluding ortho intramolecular Hbond substituents is 1. The Bertz CT molecular complexity index is 727. The molecule has 1 aromatic rings. The molecule has 0 unspecified atom stereocenters. The van der Waals surface area contributed by atoms with Gasteiger partial charge in [-0.2, -0.15) is 11.8 Å². The normalized spacial score (nSPS) is 24.1. The van der Waals surface area contributed by atoms with Gasteiger partial charge in [-0.25, -0.2) is 9.59 Å². The number of urea groups is 1. The molecular formula is C19H25N3O5S. The van der Waals surface area contributed by atoms with Crippen LogP contribution in [0.3, 0.4) is 0 Å². The van der Waals surface area contributed by atoms with Gasteiger partial charge in [-0.05, 0) is 30.5 Å². The molecule has 2 heterocycles. The van der Waals surface area contributed by atoms with E-state index in [9.17, 15) is 24.6 Å². The average Bonchev–Trinajstić information content (AvgIpc) is 3.19. The Morgan fingerprint density at radius 3 is 2.68 bits per heavy atom. The van der Waals surface area contributed by atoms with Gasteiger partial charge in [-0.1, -0.05) is 18.6 Å². The number of carbonyl (C=O) groups excluding carboxylic acids is 2. The van der Waals surface area contributed by atoms with Gasteiger partial charge in [0.1, 0.15) is 11.8 Å². The first kappa shape index (κ1) is 20.3. The number of unbranched alkanes of at least 4 members (excludes halogenated alkanes) is 1. The van der Waals surface area contributed by atoms with E-state index in [4.69, 9.17) is 0 Å². The fourth-order valence-electron chi connectivity index (χ4n) is 3.61. The van der Waals surface area contributed by atoms with Gasteiger partial charge in [-0.3, -0.25) is 4.79 Å². The number of hydrogen-bond donors (Lipinski definition) is 5. The van der Waals surface area contributed by atoms with Crippen molar-refractivity contribution in [3.05, 3.63) is 29.8 Å². The Labute approximate surface area is 167 Å². The SMILES string of the molecule is O=C(CCCC[C@@H]1SC[C@@H]2NC(=O)N[C@@H]21)N[C@@H](Cc1ccc(O)cc1)C(=O)O. The van der Waals surface area contributed by atoms with Crippen molar-refractivity contribution >= 4 is 29.7 Å². The van der Waals surface area contributed by atoms with E-state index < -0.39 is 12.0 Å². The number of amides is 3. The Hall–Kier alpha value is -2.42. The number of nitrogens with one attached hydrogen (secondary N) is 3. The van der Waals surface area contributed by atoms with Gasteiger partial charge in [-0.15, -0.1) is 0 Å². The van der Waals surface area contributed by atoms with Gasteiger partial charge < -0.3 is 26.2 Å². The lowest BCUT2D eigenvalue weighted by molar-refractivity contribution is -0.141. The molecule has 1 aromatic carbocycles. The minimum Gasteiger partial charge on any atom is -0.508 e. The van der Waals surface area contributed by atoms with Gasteiger partial charge in [0.15, 0.2) is 0 Å². The summed E-state index contributed by atoms with van der Waals surface area (Å²) >= 11 is 1.84. The van der Waals surface area contributed by atoms with Crippen molar-refractivity contribution in [1.29, 1.82) is 0 Å². The zero-order valence-corrected chi connectivity index (χ0v) is 16.2. The molecule has 2 saturated heterocycles. The number of aliphatic carboxylic acids is 1. The van der Waals surface area contributed by atoms with E-state index in [0.29, 0.717) is 11.7 Å².